The van der Waals surface area contributed by atoms with Crippen LogP contribution >= 0.6 is 0 Å². The number of aromatic hydroxyl groups is 1. The van der Waals surface area contributed by atoms with Gasteiger partial charge < -0.3 is 14.9 Å². The molecule has 1 aliphatic heterocycles. The zero-order valence-electron chi connectivity index (χ0n) is 14.5. The summed E-state index contributed by atoms with van der Waals surface area (Å²) in [6.45, 7) is 4.30. The third-order valence-corrected chi connectivity index (χ3v) is 4.55. The molecule has 1 aromatic carbocycles. The van der Waals surface area contributed by atoms with Gasteiger partial charge in [0.2, 0.25) is 0 Å². The molecular formula is C17H19FN6O2. The number of rotatable bonds is 3. The number of likely N-dealkylation sites (N-methyl/N-ethyl adjacent to an activating group) is 1. The van der Waals surface area contributed by atoms with Crippen molar-refractivity contribution < 1.29 is 14.0 Å². The second kappa shape index (κ2) is 6.50. The highest BCUT2D eigenvalue weighted by Crippen LogP contribution is 2.29. The topological polar surface area (TPSA) is 92.2 Å². The smallest absolute Gasteiger partial charge is 0.282 e. The SMILES string of the molecule is Cc1cc(F)ccc1-n1cc(O)c(-c2nc(C3CNCCN3C)no2)n1. The van der Waals surface area contributed by atoms with E-state index in [1.807, 2.05) is 7.05 Å². The Morgan fingerprint density at radius 2 is 2.23 bits per heavy atom. The van der Waals surface area contributed by atoms with E-state index in [-0.39, 0.29) is 29.2 Å². The van der Waals surface area contributed by atoms with E-state index < -0.39 is 0 Å². The lowest BCUT2D eigenvalue weighted by Gasteiger charge is -2.30. The zero-order chi connectivity index (χ0) is 18.3. The van der Waals surface area contributed by atoms with Crippen molar-refractivity contribution in [3.05, 3.63) is 41.6 Å². The number of aromatic nitrogens is 4. The van der Waals surface area contributed by atoms with Gasteiger partial charge in [0.1, 0.15) is 5.82 Å². The summed E-state index contributed by atoms with van der Waals surface area (Å²) in [5.74, 6) is 0.283. The molecule has 0 saturated carbocycles. The molecule has 26 heavy (non-hydrogen) atoms. The van der Waals surface area contributed by atoms with E-state index in [0.29, 0.717) is 17.1 Å². The van der Waals surface area contributed by atoms with Crippen LogP contribution < -0.4 is 5.32 Å². The van der Waals surface area contributed by atoms with Crippen LogP contribution in [-0.2, 0) is 0 Å². The third kappa shape index (κ3) is 2.95. The third-order valence-electron chi connectivity index (χ3n) is 4.55. The summed E-state index contributed by atoms with van der Waals surface area (Å²) in [5, 5.41) is 21.9. The minimum absolute atomic E-state index is 0.00446. The molecule has 0 radical (unpaired) electrons. The molecule has 1 atom stereocenters. The van der Waals surface area contributed by atoms with Gasteiger partial charge in [0, 0.05) is 19.6 Å². The Morgan fingerprint density at radius 1 is 1.38 bits per heavy atom. The first-order valence-corrected chi connectivity index (χ1v) is 8.33. The Morgan fingerprint density at radius 3 is 3.00 bits per heavy atom. The molecule has 1 unspecified atom stereocenters. The first-order valence-electron chi connectivity index (χ1n) is 8.33. The van der Waals surface area contributed by atoms with Crippen molar-refractivity contribution in [3.63, 3.8) is 0 Å². The maximum absolute atomic E-state index is 13.3. The Bertz CT molecular complexity index is 937. The quantitative estimate of drug-likeness (QED) is 0.735. The van der Waals surface area contributed by atoms with Gasteiger partial charge in [-0.15, -0.1) is 0 Å². The van der Waals surface area contributed by atoms with Crippen molar-refractivity contribution in [3.8, 4) is 23.0 Å². The molecule has 2 N–H and O–H groups in total. The van der Waals surface area contributed by atoms with Crippen LogP contribution in [0.4, 0.5) is 4.39 Å². The standard InChI is InChI=1S/C17H19FN6O2/c1-10-7-11(18)3-4-12(10)24-9-14(25)15(21-24)17-20-16(22-26-17)13-8-19-5-6-23(13)2/h3-4,7,9,13,19,25H,5-6,8H2,1-2H3. The second-order valence-corrected chi connectivity index (χ2v) is 6.40. The molecule has 4 rings (SSSR count). The minimum Gasteiger partial charge on any atom is -0.504 e. The van der Waals surface area contributed by atoms with Crippen molar-refractivity contribution in [2.75, 3.05) is 26.7 Å². The molecule has 0 spiro atoms. The van der Waals surface area contributed by atoms with Gasteiger partial charge in [-0.3, -0.25) is 4.90 Å². The van der Waals surface area contributed by atoms with Gasteiger partial charge in [0.15, 0.2) is 17.3 Å². The number of nitrogens with zero attached hydrogens (tertiary/aromatic N) is 5. The van der Waals surface area contributed by atoms with Crippen molar-refractivity contribution in [2.24, 2.45) is 0 Å². The molecule has 8 nitrogen and oxygen atoms in total. The van der Waals surface area contributed by atoms with E-state index in [2.05, 4.69) is 25.5 Å². The molecule has 1 saturated heterocycles. The van der Waals surface area contributed by atoms with Gasteiger partial charge in [0.25, 0.3) is 5.89 Å². The predicted molar refractivity (Wildman–Crippen MR) is 91.5 cm³/mol. The van der Waals surface area contributed by atoms with Crippen molar-refractivity contribution in [1.29, 1.82) is 0 Å². The van der Waals surface area contributed by atoms with Crippen LogP contribution in [0.5, 0.6) is 5.75 Å². The molecule has 3 aromatic rings. The molecule has 1 fully saturated rings. The summed E-state index contributed by atoms with van der Waals surface area (Å²) in [7, 11) is 2.01. The molecule has 1 aliphatic rings. The molecule has 0 bridgehead atoms. The Labute approximate surface area is 149 Å². The van der Waals surface area contributed by atoms with Gasteiger partial charge in [-0.25, -0.2) is 9.07 Å². The Hall–Kier alpha value is -2.78. The van der Waals surface area contributed by atoms with E-state index in [1.54, 1.807) is 13.0 Å². The summed E-state index contributed by atoms with van der Waals surface area (Å²) >= 11 is 0. The van der Waals surface area contributed by atoms with Gasteiger partial charge >= 0.3 is 0 Å². The van der Waals surface area contributed by atoms with Gasteiger partial charge in [-0.2, -0.15) is 10.1 Å². The molecule has 0 aliphatic carbocycles. The average Bonchev–Trinajstić information content (AvgIpc) is 3.22. The van der Waals surface area contributed by atoms with E-state index in [0.717, 1.165) is 19.6 Å². The second-order valence-electron chi connectivity index (χ2n) is 6.40. The lowest BCUT2D eigenvalue weighted by molar-refractivity contribution is 0.190. The summed E-state index contributed by atoms with van der Waals surface area (Å²) in [5.41, 5.74) is 1.54. The highest BCUT2D eigenvalue weighted by atomic mass is 19.1. The normalized spacial score (nSPS) is 18.3. The maximum Gasteiger partial charge on any atom is 0.282 e. The van der Waals surface area contributed by atoms with Crippen LogP contribution in [0.25, 0.3) is 17.3 Å². The van der Waals surface area contributed by atoms with Crippen LogP contribution in [0, 0.1) is 12.7 Å². The highest BCUT2D eigenvalue weighted by molar-refractivity contribution is 5.57. The molecule has 2 aromatic heterocycles. The first kappa shape index (κ1) is 16.7. The number of aryl methyl sites for hydroxylation is 1. The summed E-state index contributed by atoms with van der Waals surface area (Å²) in [6.07, 6.45) is 1.44. The van der Waals surface area contributed by atoms with Crippen LogP contribution in [0.1, 0.15) is 17.4 Å². The van der Waals surface area contributed by atoms with Crippen LogP contribution in [0.3, 0.4) is 0 Å². The van der Waals surface area contributed by atoms with Crippen LogP contribution in [-0.4, -0.2) is 56.6 Å². The van der Waals surface area contributed by atoms with Crippen molar-refractivity contribution >= 4 is 0 Å². The number of hydrogen-bond donors (Lipinski definition) is 2. The van der Waals surface area contributed by atoms with Crippen LogP contribution in [0.15, 0.2) is 28.9 Å². The van der Waals surface area contributed by atoms with Crippen LogP contribution in [0.2, 0.25) is 0 Å². The molecule has 0 amide bonds. The van der Waals surface area contributed by atoms with E-state index in [1.165, 1.54) is 23.0 Å². The number of halogens is 1. The number of hydrogen-bond acceptors (Lipinski definition) is 7. The highest BCUT2D eigenvalue weighted by Gasteiger charge is 2.27. The number of benzene rings is 1. The summed E-state index contributed by atoms with van der Waals surface area (Å²) in [6, 6.07) is 4.36. The Balaban J connectivity index is 1.66. The van der Waals surface area contributed by atoms with Crippen molar-refractivity contribution in [1.82, 2.24) is 30.1 Å². The van der Waals surface area contributed by atoms with Gasteiger partial charge in [-0.05, 0) is 37.7 Å². The molecule has 3 heterocycles. The lowest BCUT2D eigenvalue weighted by atomic mass is 10.2. The van der Waals surface area contributed by atoms with Gasteiger partial charge in [-0.1, -0.05) is 5.16 Å². The Kier molecular flexibility index (Phi) is 4.17. The van der Waals surface area contributed by atoms with E-state index >= 15 is 0 Å². The largest absolute Gasteiger partial charge is 0.504 e. The van der Waals surface area contributed by atoms with Gasteiger partial charge in [0.05, 0.1) is 17.9 Å². The maximum atomic E-state index is 13.3. The van der Waals surface area contributed by atoms with E-state index in [4.69, 9.17) is 4.52 Å². The minimum atomic E-state index is -0.324. The average molecular weight is 358 g/mol. The molecule has 136 valence electrons. The molecule has 9 heteroatoms. The number of piperazine rings is 1. The lowest BCUT2D eigenvalue weighted by Crippen LogP contribution is -2.44. The summed E-state index contributed by atoms with van der Waals surface area (Å²) in [4.78, 5) is 6.55. The fourth-order valence-electron chi connectivity index (χ4n) is 3.08. The first-order chi connectivity index (χ1) is 12.5. The predicted octanol–water partition coefficient (Wildman–Crippen LogP) is 1.65. The monoisotopic (exact) mass is 358 g/mol. The van der Waals surface area contributed by atoms with E-state index in [9.17, 15) is 9.50 Å². The number of nitrogens with one attached hydrogen (secondary N) is 1. The fraction of sp³-hybridized carbons (Fsp3) is 0.353. The fourth-order valence-corrected chi connectivity index (χ4v) is 3.08. The summed E-state index contributed by atoms with van der Waals surface area (Å²) < 4.78 is 20.1. The molecular weight excluding hydrogens is 339 g/mol. The zero-order valence-corrected chi connectivity index (χ0v) is 14.5. The van der Waals surface area contributed by atoms with Crippen molar-refractivity contribution in [2.45, 2.75) is 13.0 Å².